The molecule has 16 heavy (non-hydrogen) atoms. The van der Waals surface area contributed by atoms with E-state index in [2.05, 4.69) is 27.9 Å². The van der Waals surface area contributed by atoms with Crippen LogP contribution in [0.25, 0.3) is 0 Å². The van der Waals surface area contributed by atoms with E-state index < -0.39 is 0 Å². The van der Waals surface area contributed by atoms with Crippen molar-refractivity contribution >= 4 is 5.69 Å². The minimum atomic E-state index is 0.564. The van der Waals surface area contributed by atoms with E-state index in [0.717, 1.165) is 25.2 Å². The average Bonchev–Trinajstić information content (AvgIpc) is 2.54. The first-order chi connectivity index (χ1) is 7.79. The first-order valence-electron chi connectivity index (χ1n) is 5.87. The monoisotopic (exact) mass is 220 g/mol. The zero-order valence-corrected chi connectivity index (χ0v) is 9.89. The van der Waals surface area contributed by atoms with E-state index >= 15 is 0 Å². The summed E-state index contributed by atoms with van der Waals surface area (Å²) in [4.78, 5) is 9.02. The second kappa shape index (κ2) is 5.27. The van der Waals surface area contributed by atoms with Crippen LogP contribution in [0, 0.1) is 0 Å². The van der Waals surface area contributed by atoms with E-state index in [-0.39, 0.29) is 0 Å². The fourth-order valence-electron chi connectivity index (χ4n) is 2.06. The fraction of sp³-hybridized carbons (Fsp3) is 0.583. The van der Waals surface area contributed by atoms with Crippen molar-refractivity contribution in [2.24, 2.45) is 5.73 Å². The molecule has 0 aliphatic carbocycles. The zero-order chi connectivity index (χ0) is 11.4. The Morgan fingerprint density at radius 1 is 1.25 bits per heavy atom. The number of hydrogen-bond donors (Lipinski definition) is 1. The molecule has 2 rings (SSSR count). The number of pyridine rings is 1. The summed E-state index contributed by atoms with van der Waals surface area (Å²) in [7, 11) is 2.18. The standard InChI is InChI=1S/C12H20N4/c1-15-3-2-4-16(6-5-15)12-7-11(8-13)9-14-10-12/h7,9-10H,2-6,8,13H2,1H3. The number of aromatic nitrogens is 1. The van der Waals surface area contributed by atoms with E-state index in [1.165, 1.54) is 18.7 Å². The van der Waals surface area contributed by atoms with E-state index in [1.54, 1.807) is 0 Å². The molecule has 0 spiro atoms. The van der Waals surface area contributed by atoms with Crippen LogP contribution < -0.4 is 10.6 Å². The lowest BCUT2D eigenvalue weighted by atomic mass is 10.2. The molecule has 0 bridgehead atoms. The average molecular weight is 220 g/mol. The van der Waals surface area contributed by atoms with Gasteiger partial charge in [-0.1, -0.05) is 0 Å². The van der Waals surface area contributed by atoms with Gasteiger partial charge in [-0.15, -0.1) is 0 Å². The molecular formula is C12H20N4. The molecule has 0 aromatic carbocycles. The van der Waals surface area contributed by atoms with E-state index in [1.807, 2.05) is 12.4 Å². The maximum absolute atomic E-state index is 5.63. The highest BCUT2D eigenvalue weighted by atomic mass is 15.2. The molecule has 0 atom stereocenters. The van der Waals surface area contributed by atoms with Crippen LogP contribution in [-0.2, 0) is 6.54 Å². The molecule has 4 nitrogen and oxygen atoms in total. The summed E-state index contributed by atoms with van der Waals surface area (Å²) in [5.41, 5.74) is 7.95. The fourth-order valence-corrected chi connectivity index (χ4v) is 2.06. The normalized spacial score (nSPS) is 18.5. The summed E-state index contributed by atoms with van der Waals surface area (Å²) in [6.45, 7) is 5.05. The van der Waals surface area contributed by atoms with Crippen molar-refractivity contribution < 1.29 is 0 Å². The lowest BCUT2D eigenvalue weighted by Gasteiger charge is -2.22. The van der Waals surface area contributed by atoms with E-state index in [4.69, 9.17) is 5.73 Å². The molecule has 4 heteroatoms. The van der Waals surface area contributed by atoms with Gasteiger partial charge in [0.25, 0.3) is 0 Å². The van der Waals surface area contributed by atoms with E-state index in [9.17, 15) is 0 Å². The Kier molecular flexibility index (Phi) is 3.74. The summed E-state index contributed by atoms with van der Waals surface area (Å²) in [6.07, 6.45) is 4.99. The van der Waals surface area contributed by atoms with Crippen LogP contribution >= 0.6 is 0 Å². The Labute approximate surface area is 97.1 Å². The quantitative estimate of drug-likeness (QED) is 0.796. The Morgan fingerprint density at radius 3 is 2.94 bits per heavy atom. The van der Waals surface area contributed by atoms with Crippen LogP contribution in [0.15, 0.2) is 18.5 Å². The third-order valence-electron chi connectivity index (χ3n) is 3.10. The van der Waals surface area contributed by atoms with Crippen molar-refractivity contribution in [3.63, 3.8) is 0 Å². The molecule has 2 N–H and O–H groups in total. The third kappa shape index (κ3) is 2.71. The van der Waals surface area contributed by atoms with Gasteiger partial charge >= 0.3 is 0 Å². The summed E-state index contributed by atoms with van der Waals surface area (Å²) < 4.78 is 0. The van der Waals surface area contributed by atoms with Crippen molar-refractivity contribution in [2.45, 2.75) is 13.0 Å². The molecule has 88 valence electrons. The molecular weight excluding hydrogens is 200 g/mol. The van der Waals surface area contributed by atoms with Gasteiger partial charge in [-0.05, 0) is 31.6 Å². The summed E-state index contributed by atoms with van der Waals surface area (Å²) in [5, 5.41) is 0. The van der Waals surface area contributed by atoms with Crippen molar-refractivity contribution in [3.05, 3.63) is 24.0 Å². The molecule has 0 saturated carbocycles. The van der Waals surface area contributed by atoms with Crippen LogP contribution in [0.5, 0.6) is 0 Å². The predicted molar refractivity (Wildman–Crippen MR) is 66.5 cm³/mol. The van der Waals surface area contributed by atoms with Gasteiger partial charge in [0.15, 0.2) is 0 Å². The number of hydrogen-bond acceptors (Lipinski definition) is 4. The van der Waals surface area contributed by atoms with Gasteiger partial charge in [0.1, 0.15) is 0 Å². The Bertz CT molecular complexity index is 340. The zero-order valence-electron chi connectivity index (χ0n) is 9.89. The highest BCUT2D eigenvalue weighted by molar-refractivity contribution is 5.46. The van der Waals surface area contributed by atoms with Gasteiger partial charge in [-0.3, -0.25) is 4.98 Å². The number of rotatable bonds is 2. The predicted octanol–water partition coefficient (Wildman–Crippen LogP) is 0.682. The summed E-state index contributed by atoms with van der Waals surface area (Å²) >= 11 is 0. The molecule has 1 saturated heterocycles. The van der Waals surface area contributed by atoms with Crippen molar-refractivity contribution in [3.8, 4) is 0 Å². The third-order valence-corrected chi connectivity index (χ3v) is 3.10. The molecule has 0 unspecified atom stereocenters. The van der Waals surface area contributed by atoms with Crippen LogP contribution in [0.4, 0.5) is 5.69 Å². The molecule has 1 fully saturated rings. The van der Waals surface area contributed by atoms with E-state index in [0.29, 0.717) is 6.54 Å². The molecule has 1 aliphatic heterocycles. The maximum Gasteiger partial charge on any atom is 0.0556 e. The molecule has 2 heterocycles. The number of likely N-dealkylation sites (N-methyl/N-ethyl adjacent to an activating group) is 1. The number of nitrogens with zero attached hydrogens (tertiary/aromatic N) is 3. The first kappa shape index (κ1) is 11.4. The van der Waals surface area contributed by atoms with Gasteiger partial charge in [0, 0.05) is 32.4 Å². The van der Waals surface area contributed by atoms with Crippen LogP contribution in [0.3, 0.4) is 0 Å². The second-order valence-corrected chi connectivity index (χ2v) is 4.40. The number of anilines is 1. The minimum absolute atomic E-state index is 0.564. The van der Waals surface area contributed by atoms with Crippen LogP contribution in [0.2, 0.25) is 0 Å². The molecule has 1 aliphatic rings. The molecule has 0 amide bonds. The lowest BCUT2D eigenvalue weighted by molar-refractivity contribution is 0.360. The van der Waals surface area contributed by atoms with Crippen molar-refractivity contribution in [1.82, 2.24) is 9.88 Å². The van der Waals surface area contributed by atoms with Gasteiger partial charge in [0.05, 0.1) is 11.9 Å². The van der Waals surface area contributed by atoms with Gasteiger partial charge in [-0.2, -0.15) is 0 Å². The molecule has 0 radical (unpaired) electrons. The molecule has 1 aromatic heterocycles. The van der Waals surface area contributed by atoms with Crippen molar-refractivity contribution in [1.29, 1.82) is 0 Å². The molecule has 1 aromatic rings. The van der Waals surface area contributed by atoms with Crippen LogP contribution in [0.1, 0.15) is 12.0 Å². The topological polar surface area (TPSA) is 45.4 Å². The van der Waals surface area contributed by atoms with Gasteiger partial charge < -0.3 is 15.5 Å². The minimum Gasteiger partial charge on any atom is -0.369 e. The highest BCUT2D eigenvalue weighted by Gasteiger charge is 2.12. The Hall–Kier alpha value is -1.13. The number of nitrogens with two attached hydrogens (primary N) is 1. The lowest BCUT2D eigenvalue weighted by Crippen LogP contribution is -2.28. The maximum atomic E-state index is 5.63. The second-order valence-electron chi connectivity index (χ2n) is 4.40. The van der Waals surface area contributed by atoms with Crippen LogP contribution in [-0.4, -0.2) is 43.1 Å². The Balaban J connectivity index is 2.10. The summed E-state index contributed by atoms with van der Waals surface area (Å²) in [6, 6.07) is 2.15. The van der Waals surface area contributed by atoms with Gasteiger partial charge in [0.2, 0.25) is 0 Å². The smallest absolute Gasteiger partial charge is 0.0556 e. The largest absolute Gasteiger partial charge is 0.369 e. The van der Waals surface area contributed by atoms with Gasteiger partial charge in [-0.25, -0.2) is 0 Å². The highest BCUT2D eigenvalue weighted by Crippen LogP contribution is 2.16. The first-order valence-corrected chi connectivity index (χ1v) is 5.87. The Morgan fingerprint density at radius 2 is 2.12 bits per heavy atom. The van der Waals surface area contributed by atoms with Crippen molar-refractivity contribution in [2.75, 3.05) is 38.1 Å². The summed E-state index contributed by atoms with van der Waals surface area (Å²) in [5.74, 6) is 0. The SMILES string of the molecule is CN1CCCN(c2cncc(CN)c2)CC1.